The van der Waals surface area contributed by atoms with Crippen LogP contribution in [0.2, 0.25) is 3.34 Å². The van der Waals surface area contributed by atoms with Gasteiger partial charge < -0.3 is 37.2 Å². The third-order valence-corrected chi connectivity index (χ3v) is 24.5. The summed E-state index contributed by atoms with van der Waals surface area (Å²) in [7, 11) is -2.90. The van der Waals surface area contributed by atoms with E-state index in [2.05, 4.69) is 142 Å². The van der Waals surface area contributed by atoms with Gasteiger partial charge in [-0.1, -0.05) is 0 Å². The molecule has 0 N–H and O–H groups in total. The number of rotatable bonds is 34. The fourth-order valence-electron chi connectivity index (χ4n) is 12.4. The maximum absolute atomic E-state index is 2.90. The first kappa shape index (κ1) is 64.1. The molecule has 1 fully saturated rings. The van der Waals surface area contributed by atoms with Crippen molar-refractivity contribution < 1.29 is 57.7 Å². The van der Waals surface area contributed by atoms with Gasteiger partial charge in [-0.25, -0.2) is 0 Å². The van der Waals surface area contributed by atoms with Crippen LogP contribution in [0.15, 0.2) is 78.4 Å². The molecule has 384 valence electrons. The molecule has 69 heavy (non-hydrogen) atoms. The molecule has 0 aromatic heterocycles. The van der Waals surface area contributed by atoms with Crippen LogP contribution in [0.5, 0.6) is 0 Å². The molecule has 3 aromatic rings. The first-order valence-corrected chi connectivity index (χ1v) is 31.6. The first-order chi connectivity index (χ1) is 32.3. The van der Waals surface area contributed by atoms with Crippen molar-refractivity contribution in [1.82, 2.24) is 0 Å². The monoisotopic (exact) mass is 1050 g/mol. The molecule has 0 bridgehead atoms. The Morgan fingerprint density at radius 3 is 0.957 bits per heavy atom. The summed E-state index contributed by atoms with van der Waals surface area (Å²) in [6.45, 7) is 16.9. The van der Waals surface area contributed by atoms with E-state index in [9.17, 15) is 0 Å². The number of hydrogen-bond donors (Lipinski definition) is 0. The normalized spacial score (nSPS) is 17.5. The molecular weight excluding hydrogens is 951 g/mol. The molecule has 0 saturated heterocycles. The van der Waals surface area contributed by atoms with Crippen LogP contribution < -0.4 is 52.8 Å². The van der Waals surface area contributed by atoms with Crippen molar-refractivity contribution in [3.05, 3.63) is 112 Å². The SMILES string of the molecule is CCCCCCc1cc(CCCCCC)cc([Si](c2cc(CCCCCC)cc(CCCCCC)c2)(c2cc(CCCCCC)cc(CCCCCC)c2)[C]2([Ti+3])C3=CC=CCC3CC2C)c1.[Cl-].[Cl-].[Cl-]. The smallest absolute Gasteiger partial charge is 1.00 e. The Bertz CT molecular complexity index is 1650. The van der Waals surface area contributed by atoms with Crippen molar-refractivity contribution in [3.8, 4) is 0 Å². The Morgan fingerprint density at radius 1 is 0.420 bits per heavy atom. The molecule has 5 rings (SSSR count). The Hall–Kier alpha value is -1.06. The molecular formula is C64H99Cl3SiTi. The number of fused-ring (bicyclic) bond motifs is 1. The average molecular weight is 1050 g/mol. The summed E-state index contributed by atoms with van der Waals surface area (Å²) in [6.07, 6.45) is 49.1. The van der Waals surface area contributed by atoms with Gasteiger partial charge in [0.1, 0.15) is 0 Å². The average Bonchev–Trinajstić information content (AvgIpc) is 3.59. The molecule has 3 aromatic carbocycles. The first-order valence-electron chi connectivity index (χ1n) is 28.8. The molecule has 1 saturated carbocycles. The third kappa shape index (κ3) is 18.1. The zero-order chi connectivity index (χ0) is 47.0. The molecule has 0 radical (unpaired) electrons. The second kappa shape index (κ2) is 35.2. The topological polar surface area (TPSA) is 0 Å². The van der Waals surface area contributed by atoms with Crippen molar-refractivity contribution in [2.24, 2.45) is 11.8 Å². The Balaban J connectivity index is 0.00000544. The van der Waals surface area contributed by atoms with Crippen LogP contribution in [0.25, 0.3) is 0 Å². The second-order valence-electron chi connectivity index (χ2n) is 21.7. The van der Waals surface area contributed by atoms with Crippen LogP contribution in [-0.2, 0) is 59.0 Å². The van der Waals surface area contributed by atoms with Crippen molar-refractivity contribution in [2.75, 3.05) is 0 Å². The largest absolute Gasteiger partial charge is 1.00 e. The number of halogens is 3. The number of unbranched alkanes of at least 4 members (excludes halogenated alkanes) is 18. The predicted octanol–water partition coefficient (Wildman–Crippen LogP) is 8.69. The maximum atomic E-state index is 2.86. The summed E-state index contributed by atoms with van der Waals surface area (Å²) in [5.41, 5.74) is 11.5. The van der Waals surface area contributed by atoms with Gasteiger partial charge in [0.05, 0.1) is 0 Å². The standard InChI is InChI=1S/C64H99Si.3ClH.Ti/c1-8-14-20-26-34-53-43-54(35-27-21-15-9-2)47-60(46-53)65(64-52(7)42-59-40-32-33-41-63(59)64,61-48-55(36-28-22-16-10-3)44-56(49-61)37-29-23-17-11-4)62-50-57(38-30-24-18-12-5)45-58(51-62)39-31-25-19-13-6;;;;/h32-33,41,43-52,59H,8-31,34-40,42H2,1-7H3;3*1H;/q;;;;+3/p-3. The minimum Gasteiger partial charge on any atom is -1.00 e. The van der Waals surface area contributed by atoms with Crippen LogP contribution >= 0.6 is 0 Å². The molecule has 0 amide bonds. The second-order valence-corrected chi connectivity index (χ2v) is 27.7. The van der Waals surface area contributed by atoms with E-state index in [4.69, 9.17) is 0 Å². The van der Waals surface area contributed by atoms with Gasteiger partial charge in [0.25, 0.3) is 0 Å². The Kier molecular flexibility index (Phi) is 32.7. The molecule has 2 aliphatic rings. The molecule has 0 nitrogen and oxygen atoms in total. The van der Waals surface area contributed by atoms with Gasteiger partial charge in [0.2, 0.25) is 0 Å². The van der Waals surface area contributed by atoms with Gasteiger partial charge in [-0.2, -0.15) is 0 Å². The van der Waals surface area contributed by atoms with Crippen LogP contribution in [0, 0.1) is 11.8 Å². The Morgan fingerprint density at radius 2 is 0.696 bits per heavy atom. The van der Waals surface area contributed by atoms with Crippen molar-refractivity contribution in [2.45, 2.75) is 257 Å². The Labute approximate surface area is 458 Å². The molecule has 0 aliphatic heterocycles. The zero-order valence-corrected chi connectivity index (χ0v) is 50.2. The van der Waals surface area contributed by atoms with E-state index >= 15 is 0 Å². The predicted molar refractivity (Wildman–Crippen MR) is 293 cm³/mol. The fraction of sp³-hybridized carbons (Fsp3) is 0.656. The zero-order valence-electron chi connectivity index (χ0n) is 45.3. The van der Waals surface area contributed by atoms with Crippen molar-refractivity contribution in [3.63, 3.8) is 0 Å². The molecule has 2 aliphatic carbocycles. The molecule has 3 atom stereocenters. The van der Waals surface area contributed by atoms with Crippen LogP contribution in [0.1, 0.15) is 249 Å². The number of benzene rings is 3. The van der Waals surface area contributed by atoms with E-state index < -0.39 is 8.07 Å². The summed E-state index contributed by atoms with van der Waals surface area (Å²) in [5, 5.41) is 5.23. The summed E-state index contributed by atoms with van der Waals surface area (Å²) in [5.74, 6) is 1.23. The molecule has 3 unspecified atom stereocenters. The van der Waals surface area contributed by atoms with Gasteiger partial charge in [-0.3, -0.25) is 0 Å². The van der Waals surface area contributed by atoms with E-state index in [-0.39, 0.29) is 40.6 Å². The quantitative estimate of drug-likeness (QED) is 0.0320. The summed E-state index contributed by atoms with van der Waals surface area (Å²) < 4.78 is 0.0311. The maximum Gasteiger partial charge on any atom is -1.00 e. The van der Waals surface area contributed by atoms with E-state index in [1.165, 1.54) is 205 Å². The van der Waals surface area contributed by atoms with E-state index in [0.717, 1.165) is 0 Å². The van der Waals surface area contributed by atoms with Gasteiger partial charge >= 0.3 is 425 Å². The molecule has 0 heterocycles. The van der Waals surface area contributed by atoms with Crippen molar-refractivity contribution in [1.29, 1.82) is 0 Å². The van der Waals surface area contributed by atoms with Gasteiger partial charge in [-0.05, 0) is 0 Å². The van der Waals surface area contributed by atoms with Crippen molar-refractivity contribution >= 4 is 23.6 Å². The minimum absolute atomic E-state index is 0. The van der Waals surface area contributed by atoms with Gasteiger partial charge in [-0.15, -0.1) is 0 Å². The fourth-order valence-corrected chi connectivity index (χ4v) is 21.4. The molecule has 5 heteroatoms. The van der Waals surface area contributed by atoms with E-state index in [1.807, 2.05) is 0 Å². The minimum atomic E-state index is -2.90. The number of hydrogen-bond acceptors (Lipinski definition) is 0. The van der Waals surface area contributed by atoms with Gasteiger partial charge in [0.15, 0.2) is 0 Å². The summed E-state index contributed by atoms with van der Waals surface area (Å²) in [6, 6.07) is 25.3. The molecule has 0 spiro atoms. The van der Waals surface area contributed by atoms with Crippen LogP contribution in [0.3, 0.4) is 0 Å². The van der Waals surface area contributed by atoms with E-state index in [1.54, 1.807) is 54.5 Å². The summed E-state index contributed by atoms with van der Waals surface area (Å²) >= 11 is 2.85. The number of allylic oxidation sites excluding steroid dienone is 4. The van der Waals surface area contributed by atoms with Crippen LogP contribution in [-0.4, -0.2) is 8.07 Å². The van der Waals surface area contributed by atoms with E-state index in [0.29, 0.717) is 11.8 Å². The third-order valence-electron chi connectivity index (χ3n) is 16.1. The number of aryl methyl sites for hydroxylation is 6. The van der Waals surface area contributed by atoms with Gasteiger partial charge in [0, 0.05) is 0 Å². The van der Waals surface area contributed by atoms with Crippen LogP contribution in [0.4, 0.5) is 0 Å². The summed E-state index contributed by atoms with van der Waals surface area (Å²) in [4.78, 5) is 0.